The number of ether oxygens (including phenoxy) is 1. The van der Waals surface area contributed by atoms with Gasteiger partial charge in [0.25, 0.3) is 0 Å². The van der Waals surface area contributed by atoms with Gasteiger partial charge in [0, 0.05) is 54.6 Å². The summed E-state index contributed by atoms with van der Waals surface area (Å²) in [4.78, 5) is 10.1. The van der Waals surface area contributed by atoms with E-state index in [9.17, 15) is 0 Å². The summed E-state index contributed by atoms with van der Waals surface area (Å²) in [6.45, 7) is 23.2. The molecule has 4 aromatic rings. The molecule has 2 aromatic heterocycles. The molecule has 3 heterocycles. The van der Waals surface area contributed by atoms with Crippen molar-refractivity contribution in [3.05, 3.63) is 84.4 Å². The SMILES string of the molecule is C=COCC(C)(C)Cc1c(-c2cc(N3CCN(C)CC3)cnc2C(C)CC)n(CC)c2ccc(-c3cccc(CC)c3)cc12. The summed E-state index contributed by atoms with van der Waals surface area (Å²) in [5, 5.41) is 1.33. The van der Waals surface area contributed by atoms with Crippen LogP contribution in [-0.2, 0) is 24.1 Å². The summed E-state index contributed by atoms with van der Waals surface area (Å²) < 4.78 is 8.34. The highest BCUT2D eigenvalue weighted by molar-refractivity contribution is 5.95. The number of hydrogen-bond donors (Lipinski definition) is 0. The molecular weight excluding hydrogens is 540 g/mol. The molecule has 1 unspecified atom stereocenters. The Morgan fingerprint density at radius 2 is 1.75 bits per heavy atom. The molecule has 0 aliphatic carbocycles. The largest absolute Gasteiger partial charge is 0.501 e. The van der Waals surface area contributed by atoms with Crippen molar-refractivity contribution in [2.45, 2.75) is 73.3 Å². The molecule has 0 spiro atoms. The van der Waals surface area contributed by atoms with E-state index in [-0.39, 0.29) is 5.41 Å². The lowest BCUT2D eigenvalue weighted by atomic mass is 9.83. The van der Waals surface area contributed by atoms with Gasteiger partial charge in [-0.05, 0) is 79.6 Å². The third-order valence-corrected chi connectivity index (χ3v) is 9.51. The standard InChI is InChI=1S/C39H52N4O/c1-9-28(5)37-34(24-32(26-40-37)42-20-18-41(8)19-21-42)38-35(25-39(6,7)27-44-12-4)33-23-31(16-17-36(33)43(38)11-3)30-15-13-14-29(10-2)22-30/h12-17,22-24,26,28H,4,9-11,18-21,25,27H2,1-3,5-8H3. The molecule has 0 saturated carbocycles. The number of likely N-dealkylation sites (N-methyl/N-ethyl adjacent to an activating group) is 1. The van der Waals surface area contributed by atoms with Gasteiger partial charge in [0.15, 0.2) is 0 Å². The first-order valence-electron chi connectivity index (χ1n) is 16.6. The van der Waals surface area contributed by atoms with Crippen LogP contribution >= 0.6 is 0 Å². The molecule has 5 rings (SSSR count). The smallest absolute Gasteiger partial charge is 0.0927 e. The number of pyridine rings is 1. The second-order valence-electron chi connectivity index (χ2n) is 13.4. The zero-order chi connectivity index (χ0) is 31.4. The maximum atomic E-state index is 5.80. The first-order chi connectivity index (χ1) is 21.2. The predicted molar refractivity (Wildman–Crippen MR) is 188 cm³/mol. The van der Waals surface area contributed by atoms with Crippen LogP contribution < -0.4 is 4.90 Å². The van der Waals surface area contributed by atoms with Crippen molar-refractivity contribution in [3.63, 3.8) is 0 Å². The zero-order valence-electron chi connectivity index (χ0n) is 28.1. The van der Waals surface area contributed by atoms with Gasteiger partial charge in [-0.1, -0.05) is 71.5 Å². The summed E-state index contributed by atoms with van der Waals surface area (Å²) in [7, 11) is 2.21. The zero-order valence-corrected chi connectivity index (χ0v) is 28.1. The molecule has 0 amide bonds. The fourth-order valence-electron chi connectivity index (χ4n) is 6.68. The van der Waals surface area contributed by atoms with Crippen LogP contribution in [0.3, 0.4) is 0 Å². The van der Waals surface area contributed by atoms with Crippen molar-refractivity contribution in [1.82, 2.24) is 14.5 Å². The van der Waals surface area contributed by atoms with E-state index in [1.807, 2.05) is 0 Å². The van der Waals surface area contributed by atoms with Crippen LogP contribution in [0.15, 0.2) is 67.6 Å². The molecule has 44 heavy (non-hydrogen) atoms. The summed E-state index contributed by atoms with van der Waals surface area (Å²) >= 11 is 0. The molecule has 0 bridgehead atoms. The van der Waals surface area contributed by atoms with Gasteiger partial charge in [-0.3, -0.25) is 4.98 Å². The van der Waals surface area contributed by atoms with Crippen LogP contribution in [0.4, 0.5) is 5.69 Å². The van der Waals surface area contributed by atoms with Crippen molar-refractivity contribution in [1.29, 1.82) is 0 Å². The Bertz CT molecular complexity index is 1590. The van der Waals surface area contributed by atoms with Crippen LogP contribution in [0.2, 0.25) is 0 Å². The van der Waals surface area contributed by atoms with Crippen LogP contribution in [0, 0.1) is 5.41 Å². The third kappa shape index (κ3) is 6.58. The second kappa shape index (κ2) is 13.6. The summed E-state index contributed by atoms with van der Waals surface area (Å²) in [6, 6.07) is 18.5. The normalized spacial score (nSPS) is 15.1. The molecule has 0 N–H and O–H groups in total. The van der Waals surface area contributed by atoms with E-state index in [0.717, 1.165) is 52.0 Å². The van der Waals surface area contributed by atoms with Crippen molar-refractivity contribution in [2.75, 3.05) is 44.7 Å². The van der Waals surface area contributed by atoms with E-state index in [1.165, 1.54) is 55.8 Å². The molecule has 1 saturated heterocycles. The minimum Gasteiger partial charge on any atom is -0.501 e. The number of piperazine rings is 1. The number of fused-ring (bicyclic) bond motifs is 1. The van der Waals surface area contributed by atoms with Gasteiger partial charge in [-0.25, -0.2) is 0 Å². The molecule has 1 atom stereocenters. The number of rotatable bonds is 12. The molecule has 5 nitrogen and oxygen atoms in total. The first-order valence-corrected chi connectivity index (χ1v) is 16.6. The van der Waals surface area contributed by atoms with Gasteiger partial charge in [0.2, 0.25) is 0 Å². The number of anilines is 1. The monoisotopic (exact) mass is 592 g/mol. The van der Waals surface area contributed by atoms with E-state index in [2.05, 4.69) is 124 Å². The molecule has 2 aromatic carbocycles. The van der Waals surface area contributed by atoms with E-state index in [1.54, 1.807) is 6.26 Å². The Balaban J connectivity index is 1.77. The van der Waals surface area contributed by atoms with Crippen molar-refractivity contribution >= 4 is 16.6 Å². The quantitative estimate of drug-likeness (QED) is 0.154. The fraction of sp³-hybridized carbons (Fsp3) is 0.462. The molecular formula is C39H52N4O. The van der Waals surface area contributed by atoms with Crippen LogP contribution in [0.1, 0.15) is 70.7 Å². The lowest BCUT2D eigenvalue weighted by Crippen LogP contribution is -2.44. The third-order valence-electron chi connectivity index (χ3n) is 9.51. The topological polar surface area (TPSA) is 33.5 Å². The maximum Gasteiger partial charge on any atom is 0.0927 e. The van der Waals surface area contributed by atoms with Gasteiger partial charge in [-0.15, -0.1) is 0 Å². The van der Waals surface area contributed by atoms with Gasteiger partial charge in [-0.2, -0.15) is 0 Å². The van der Waals surface area contributed by atoms with E-state index >= 15 is 0 Å². The van der Waals surface area contributed by atoms with Crippen molar-refractivity contribution in [3.8, 4) is 22.4 Å². The minimum atomic E-state index is -0.0903. The number of benzene rings is 2. The molecule has 1 aliphatic rings. The fourth-order valence-corrected chi connectivity index (χ4v) is 6.68. The van der Waals surface area contributed by atoms with E-state index < -0.39 is 0 Å². The van der Waals surface area contributed by atoms with Gasteiger partial charge < -0.3 is 19.1 Å². The molecule has 0 radical (unpaired) electrons. The van der Waals surface area contributed by atoms with Crippen LogP contribution in [-0.4, -0.2) is 54.3 Å². The van der Waals surface area contributed by atoms with Crippen molar-refractivity contribution < 1.29 is 4.74 Å². The number of aromatic nitrogens is 2. The second-order valence-corrected chi connectivity index (χ2v) is 13.4. The molecule has 1 fully saturated rings. The first kappa shape index (κ1) is 31.8. The van der Waals surface area contributed by atoms with E-state index in [0.29, 0.717) is 12.5 Å². The summed E-state index contributed by atoms with van der Waals surface area (Å²) in [6.07, 6.45) is 6.66. The highest BCUT2D eigenvalue weighted by Crippen LogP contribution is 2.43. The summed E-state index contributed by atoms with van der Waals surface area (Å²) in [5.74, 6) is 0.354. The molecule has 1 aliphatic heterocycles. The Hall–Kier alpha value is -3.57. The predicted octanol–water partition coefficient (Wildman–Crippen LogP) is 8.95. The van der Waals surface area contributed by atoms with Crippen molar-refractivity contribution in [2.24, 2.45) is 5.41 Å². The Kier molecular flexibility index (Phi) is 9.84. The Morgan fingerprint density at radius 1 is 1.00 bits per heavy atom. The average Bonchev–Trinajstić information content (AvgIpc) is 3.35. The van der Waals surface area contributed by atoms with Gasteiger partial charge in [0.1, 0.15) is 0 Å². The van der Waals surface area contributed by atoms with Gasteiger partial charge >= 0.3 is 0 Å². The minimum absolute atomic E-state index is 0.0903. The maximum absolute atomic E-state index is 5.80. The number of aryl methyl sites for hydroxylation is 2. The Morgan fingerprint density at radius 3 is 2.43 bits per heavy atom. The average molecular weight is 593 g/mol. The lowest BCUT2D eigenvalue weighted by molar-refractivity contribution is 0.138. The van der Waals surface area contributed by atoms with Crippen LogP contribution in [0.5, 0.6) is 0 Å². The lowest BCUT2D eigenvalue weighted by Gasteiger charge is -2.34. The van der Waals surface area contributed by atoms with Gasteiger partial charge in [0.05, 0.1) is 36.1 Å². The molecule has 5 heteroatoms. The molecule has 234 valence electrons. The Labute approximate surface area is 265 Å². The van der Waals surface area contributed by atoms with E-state index in [4.69, 9.17) is 9.72 Å². The highest BCUT2D eigenvalue weighted by atomic mass is 16.5. The highest BCUT2D eigenvalue weighted by Gasteiger charge is 2.29. The summed E-state index contributed by atoms with van der Waals surface area (Å²) in [5.41, 5.74) is 11.5. The van der Waals surface area contributed by atoms with Crippen LogP contribution in [0.25, 0.3) is 33.3 Å². The number of nitrogens with zero attached hydrogens (tertiary/aromatic N) is 4. The number of hydrogen-bond acceptors (Lipinski definition) is 4.